The highest BCUT2D eigenvalue weighted by Crippen LogP contribution is 2.40. The predicted molar refractivity (Wildman–Crippen MR) is 113 cm³/mol. The summed E-state index contributed by atoms with van der Waals surface area (Å²) in [5.41, 5.74) is 1.28. The van der Waals surface area contributed by atoms with Crippen molar-refractivity contribution in [3.63, 3.8) is 0 Å². The molecule has 4 atom stereocenters. The summed E-state index contributed by atoms with van der Waals surface area (Å²) in [6, 6.07) is 8.56. The summed E-state index contributed by atoms with van der Waals surface area (Å²) in [6.07, 6.45) is 2.02. The number of aromatic nitrogens is 2. The fourth-order valence-corrected chi connectivity index (χ4v) is 4.45. The number of aliphatic hydroxyl groups is 1. The molecule has 2 aliphatic rings. The van der Waals surface area contributed by atoms with Gasteiger partial charge in [-0.15, -0.1) is 0 Å². The Balaban J connectivity index is 1.73. The Labute approximate surface area is 183 Å². The Morgan fingerprint density at radius 2 is 2.00 bits per heavy atom. The smallest absolute Gasteiger partial charge is 0.274 e. The normalized spacial score (nSPS) is 24.8. The minimum Gasteiger partial charge on any atom is -0.393 e. The van der Waals surface area contributed by atoms with Crippen LogP contribution in [-0.4, -0.2) is 33.2 Å². The molecule has 2 aliphatic heterocycles. The van der Waals surface area contributed by atoms with Gasteiger partial charge in [0.05, 0.1) is 30.2 Å². The SMILES string of the molecule is CC1C(O)CC2OC1Cc1cccc(F)c1-c1nc(ccc1F)C(=O)Nc1cnccc12. The van der Waals surface area contributed by atoms with E-state index < -0.39 is 35.9 Å². The largest absolute Gasteiger partial charge is 0.393 e. The van der Waals surface area contributed by atoms with Gasteiger partial charge in [0.25, 0.3) is 5.91 Å². The summed E-state index contributed by atoms with van der Waals surface area (Å²) in [6.45, 7) is 1.87. The highest BCUT2D eigenvalue weighted by Gasteiger charge is 2.37. The lowest BCUT2D eigenvalue weighted by atomic mass is 9.84. The number of carbonyl (C=O) groups excluding carboxylic acids is 1. The quantitative estimate of drug-likeness (QED) is 0.554. The van der Waals surface area contributed by atoms with Crippen LogP contribution in [0.3, 0.4) is 0 Å². The third-order valence-corrected chi connectivity index (χ3v) is 6.27. The van der Waals surface area contributed by atoms with E-state index in [1.165, 1.54) is 18.3 Å². The number of anilines is 1. The van der Waals surface area contributed by atoms with Gasteiger partial charge in [-0.2, -0.15) is 0 Å². The molecule has 4 bridgehead atoms. The summed E-state index contributed by atoms with van der Waals surface area (Å²) in [5.74, 6) is -2.20. The number of rotatable bonds is 0. The van der Waals surface area contributed by atoms with Crippen LogP contribution in [0.25, 0.3) is 11.3 Å². The lowest BCUT2D eigenvalue weighted by molar-refractivity contribution is -0.131. The molecule has 0 radical (unpaired) electrons. The van der Waals surface area contributed by atoms with Gasteiger partial charge in [-0.05, 0) is 36.2 Å². The first-order chi connectivity index (χ1) is 15.4. The number of amides is 1. The first-order valence-corrected chi connectivity index (χ1v) is 10.5. The van der Waals surface area contributed by atoms with Gasteiger partial charge in [-0.25, -0.2) is 13.8 Å². The predicted octanol–water partition coefficient (Wildman–Crippen LogP) is 4.06. The number of hydrogen-bond acceptors (Lipinski definition) is 5. The monoisotopic (exact) mass is 437 g/mol. The Bertz CT molecular complexity index is 1200. The summed E-state index contributed by atoms with van der Waals surface area (Å²) >= 11 is 0. The molecule has 2 aromatic heterocycles. The van der Waals surface area contributed by atoms with Crippen molar-refractivity contribution in [2.75, 3.05) is 5.32 Å². The molecule has 8 heteroatoms. The molecule has 0 spiro atoms. The van der Waals surface area contributed by atoms with Gasteiger partial charge in [0.15, 0.2) is 0 Å². The maximum atomic E-state index is 15.0. The lowest BCUT2D eigenvalue weighted by Crippen LogP contribution is -2.41. The number of aliphatic hydroxyl groups excluding tert-OH is 1. The van der Waals surface area contributed by atoms with Crippen molar-refractivity contribution in [2.45, 2.75) is 38.1 Å². The van der Waals surface area contributed by atoms with Crippen LogP contribution in [0.1, 0.15) is 41.1 Å². The van der Waals surface area contributed by atoms with E-state index in [0.717, 1.165) is 6.07 Å². The standard InChI is InChI=1S/C24H21F2N3O3/c1-12-19(30)10-21-14-7-8-27-11-18(14)29-24(31)17-6-5-16(26)23(28-17)22-13(9-20(12)32-21)3-2-4-15(22)25/h2-8,11-12,19-21,30H,9-10H2,1H3,(H,29,31). The summed E-state index contributed by atoms with van der Waals surface area (Å²) in [4.78, 5) is 21.2. The molecule has 3 aromatic rings. The van der Waals surface area contributed by atoms with Crippen molar-refractivity contribution >= 4 is 11.6 Å². The molecule has 5 rings (SSSR count). The van der Waals surface area contributed by atoms with E-state index in [-0.39, 0.29) is 29.3 Å². The number of ether oxygens (including phenoxy) is 1. The van der Waals surface area contributed by atoms with Crippen LogP contribution < -0.4 is 5.32 Å². The van der Waals surface area contributed by atoms with Crippen molar-refractivity contribution in [3.05, 3.63) is 77.2 Å². The zero-order chi connectivity index (χ0) is 22.4. The number of fused-ring (bicyclic) bond motifs is 8. The van der Waals surface area contributed by atoms with E-state index >= 15 is 0 Å². The van der Waals surface area contributed by atoms with Gasteiger partial charge in [-0.3, -0.25) is 9.78 Å². The molecule has 1 saturated heterocycles. The van der Waals surface area contributed by atoms with Gasteiger partial charge >= 0.3 is 0 Å². The van der Waals surface area contributed by atoms with Crippen molar-refractivity contribution in [1.82, 2.24) is 9.97 Å². The second kappa shape index (κ2) is 8.03. The molecule has 1 fully saturated rings. The summed E-state index contributed by atoms with van der Waals surface area (Å²) < 4.78 is 36.1. The molecule has 2 N–H and O–H groups in total. The van der Waals surface area contributed by atoms with Crippen LogP contribution in [-0.2, 0) is 11.2 Å². The number of halogens is 2. The second-order valence-corrected chi connectivity index (χ2v) is 8.25. The van der Waals surface area contributed by atoms with Gasteiger partial charge in [0.1, 0.15) is 23.0 Å². The molecule has 1 aromatic carbocycles. The fraction of sp³-hybridized carbons (Fsp3) is 0.292. The number of benzene rings is 1. The molecule has 0 saturated carbocycles. The molecule has 32 heavy (non-hydrogen) atoms. The van der Waals surface area contributed by atoms with Gasteiger partial charge in [0, 0.05) is 29.7 Å². The number of nitrogens with zero attached hydrogens (tertiary/aromatic N) is 2. The maximum absolute atomic E-state index is 15.0. The molecular formula is C24H21F2N3O3. The summed E-state index contributed by atoms with van der Waals surface area (Å²) in [7, 11) is 0. The summed E-state index contributed by atoms with van der Waals surface area (Å²) in [5, 5.41) is 13.5. The number of pyridine rings is 2. The molecule has 4 unspecified atom stereocenters. The molecule has 164 valence electrons. The minimum absolute atomic E-state index is 0.00880. The molecular weight excluding hydrogens is 416 g/mol. The van der Waals surface area contributed by atoms with E-state index in [1.807, 2.05) is 6.92 Å². The second-order valence-electron chi connectivity index (χ2n) is 8.25. The number of nitrogens with one attached hydrogen (secondary N) is 1. The Morgan fingerprint density at radius 1 is 1.16 bits per heavy atom. The minimum atomic E-state index is -0.736. The average Bonchev–Trinajstić information content (AvgIpc) is 2.78. The topological polar surface area (TPSA) is 84.3 Å². The van der Waals surface area contributed by atoms with E-state index in [9.17, 15) is 18.7 Å². The third kappa shape index (κ3) is 3.55. The van der Waals surface area contributed by atoms with Crippen LogP contribution in [0, 0.1) is 17.6 Å². The number of carbonyl (C=O) groups is 1. The van der Waals surface area contributed by atoms with Gasteiger partial charge < -0.3 is 15.2 Å². The van der Waals surface area contributed by atoms with Gasteiger partial charge in [-0.1, -0.05) is 19.1 Å². The highest BCUT2D eigenvalue weighted by atomic mass is 19.1. The molecule has 4 heterocycles. The number of hydrogen-bond donors (Lipinski definition) is 2. The van der Waals surface area contributed by atoms with Crippen LogP contribution in [0.5, 0.6) is 0 Å². The van der Waals surface area contributed by atoms with Crippen LogP contribution >= 0.6 is 0 Å². The van der Waals surface area contributed by atoms with E-state index in [1.54, 1.807) is 24.4 Å². The fourth-order valence-electron chi connectivity index (χ4n) is 4.45. The van der Waals surface area contributed by atoms with Crippen molar-refractivity contribution < 1.29 is 23.4 Å². The zero-order valence-corrected chi connectivity index (χ0v) is 17.3. The molecule has 1 amide bonds. The average molecular weight is 437 g/mol. The first-order valence-electron chi connectivity index (χ1n) is 10.5. The van der Waals surface area contributed by atoms with E-state index in [2.05, 4.69) is 15.3 Å². The van der Waals surface area contributed by atoms with Crippen molar-refractivity contribution in [2.24, 2.45) is 5.92 Å². The van der Waals surface area contributed by atoms with E-state index in [0.29, 0.717) is 23.2 Å². The maximum Gasteiger partial charge on any atom is 0.274 e. The van der Waals surface area contributed by atoms with Gasteiger partial charge in [0.2, 0.25) is 0 Å². The third-order valence-electron chi connectivity index (χ3n) is 6.27. The highest BCUT2D eigenvalue weighted by molar-refractivity contribution is 6.03. The zero-order valence-electron chi connectivity index (χ0n) is 17.3. The van der Waals surface area contributed by atoms with Crippen molar-refractivity contribution in [1.29, 1.82) is 0 Å². The Hall–Kier alpha value is -3.23. The van der Waals surface area contributed by atoms with Crippen LogP contribution in [0.4, 0.5) is 14.5 Å². The molecule has 0 aliphatic carbocycles. The Morgan fingerprint density at radius 3 is 2.84 bits per heavy atom. The van der Waals surface area contributed by atoms with E-state index in [4.69, 9.17) is 4.74 Å². The first kappa shape index (κ1) is 20.7. The Kier molecular flexibility index (Phi) is 5.19. The lowest BCUT2D eigenvalue weighted by Gasteiger charge is -2.39. The van der Waals surface area contributed by atoms with Crippen LogP contribution in [0.2, 0.25) is 0 Å². The molecule has 6 nitrogen and oxygen atoms in total. The van der Waals surface area contributed by atoms with Crippen molar-refractivity contribution in [3.8, 4) is 11.3 Å². The van der Waals surface area contributed by atoms with Crippen LogP contribution in [0.15, 0.2) is 48.8 Å².